The smallest absolute Gasteiger partial charge is 0.343 e. The van der Waals surface area contributed by atoms with Crippen LogP contribution in [-0.2, 0) is 10.3 Å². The van der Waals surface area contributed by atoms with Crippen molar-refractivity contribution in [1.82, 2.24) is 24.9 Å². The second kappa shape index (κ2) is 11.7. The number of unbranched alkanes of at least 4 members (excludes halogenated alkanes) is 2. The zero-order chi connectivity index (χ0) is 29.1. The van der Waals surface area contributed by atoms with E-state index in [-0.39, 0.29) is 11.6 Å². The molecule has 1 unspecified atom stereocenters. The van der Waals surface area contributed by atoms with Gasteiger partial charge in [-0.15, -0.1) is 0 Å². The van der Waals surface area contributed by atoms with E-state index in [4.69, 9.17) is 4.98 Å². The third-order valence-electron chi connectivity index (χ3n) is 8.28. The number of benzene rings is 2. The number of aromatic nitrogens is 4. The minimum atomic E-state index is -1.10. The van der Waals surface area contributed by atoms with E-state index in [9.17, 15) is 14.0 Å². The number of rotatable bonds is 10. The molecular weight excluding hydrogens is 529 g/mol. The van der Waals surface area contributed by atoms with E-state index in [1.54, 1.807) is 6.20 Å². The molecule has 1 fully saturated rings. The fourth-order valence-electron chi connectivity index (χ4n) is 5.79. The summed E-state index contributed by atoms with van der Waals surface area (Å²) in [5.41, 5.74) is 5.22. The van der Waals surface area contributed by atoms with E-state index in [0.717, 1.165) is 77.4 Å². The van der Waals surface area contributed by atoms with Crippen LogP contribution in [0.2, 0.25) is 0 Å². The Morgan fingerprint density at radius 2 is 1.88 bits per heavy atom. The first-order chi connectivity index (χ1) is 20.5. The topological polar surface area (TPSA) is 92.2 Å². The number of allylic oxidation sites excluding steroid dienone is 1. The SMILES string of the molecule is CCCCCC(F)C=CC(=O)NC1(c2ccc(-c3nc4ccn5c(=O)[nH]nc5c4cc3-c3ccccc3)cc2)CCC1. The van der Waals surface area contributed by atoms with Crippen LogP contribution in [0.4, 0.5) is 4.39 Å². The number of hydrogen-bond donors (Lipinski definition) is 2. The molecule has 0 spiro atoms. The Morgan fingerprint density at radius 3 is 2.60 bits per heavy atom. The van der Waals surface area contributed by atoms with Crippen LogP contribution in [0.1, 0.15) is 57.4 Å². The number of carbonyl (C=O) groups excluding carboxylic acids is 1. The minimum absolute atomic E-state index is 0.261. The molecule has 1 atom stereocenters. The highest BCUT2D eigenvalue weighted by molar-refractivity contribution is 5.98. The first kappa shape index (κ1) is 27.6. The van der Waals surface area contributed by atoms with Gasteiger partial charge < -0.3 is 5.32 Å². The maximum absolute atomic E-state index is 14.2. The fraction of sp³-hybridized carbons (Fsp3) is 0.294. The molecule has 0 bridgehead atoms. The zero-order valence-corrected chi connectivity index (χ0v) is 23.6. The molecule has 0 saturated heterocycles. The van der Waals surface area contributed by atoms with Gasteiger partial charge in [0, 0.05) is 28.8 Å². The first-order valence-corrected chi connectivity index (χ1v) is 14.7. The van der Waals surface area contributed by atoms with Gasteiger partial charge in [-0.2, -0.15) is 5.10 Å². The summed E-state index contributed by atoms with van der Waals surface area (Å²) in [6.45, 7) is 2.09. The molecule has 8 heteroatoms. The Balaban J connectivity index is 1.31. The van der Waals surface area contributed by atoms with Gasteiger partial charge in [-0.1, -0.05) is 80.8 Å². The Bertz CT molecular complexity index is 1800. The minimum Gasteiger partial charge on any atom is -0.343 e. The Kier molecular flexibility index (Phi) is 7.69. The Hall–Kier alpha value is -4.59. The van der Waals surface area contributed by atoms with E-state index in [1.165, 1.54) is 16.6 Å². The lowest BCUT2D eigenvalue weighted by atomic mass is 9.71. The highest BCUT2D eigenvalue weighted by Gasteiger charge is 2.39. The van der Waals surface area contributed by atoms with Gasteiger partial charge in [-0.05, 0) is 55.0 Å². The predicted molar refractivity (Wildman–Crippen MR) is 164 cm³/mol. The summed E-state index contributed by atoms with van der Waals surface area (Å²) in [6.07, 6.45) is 9.31. The molecule has 2 N–H and O–H groups in total. The van der Waals surface area contributed by atoms with E-state index < -0.39 is 11.7 Å². The Morgan fingerprint density at radius 1 is 1.10 bits per heavy atom. The molecular formula is C34H34FN5O2. The number of fused-ring (bicyclic) bond motifs is 3. The van der Waals surface area contributed by atoms with E-state index in [2.05, 4.69) is 34.6 Å². The van der Waals surface area contributed by atoms with Crippen molar-refractivity contribution < 1.29 is 9.18 Å². The number of halogens is 1. The molecule has 1 aliphatic rings. The second-order valence-electron chi connectivity index (χ2n) is 11.1. The number of hydrogen-bond acceptors (Lipinski definition) is 4. The van der Waals surface area contributed by atoms with E-state index in [1.807, 2.05) is 54.6 Å². The average molecular weight is 564 g/mol. The van der Waals surface area contributed by atoms with Crippen molar-refractivity contribution in [1.29, 1.82) is 0 Å². The van der Waals surface area contributed by atoms with Gasteiger partial charge in [0.05, 0.1) is 16.7 Å². The van der Waals surface area contributed by atoms with Crippen molar-refractivity contribution in [3.8, 4) is 22.4 Å². The molecule has 42 heavy (non-hydrogen) atoms. The van der Waals surface area contributed by atoms with E-state index >= 15 is 0 Å². The lowest BCUT2D eigenvalue weighted by Crippen LogP contribution is -2.50. The second-order valence-corrected chi connectivity index (χ2v) is 11.1. The van der Waals surface area contributed by atoms with Crippen molar-refractivity contribution in [3.63, 3.8) is 0 Å². The summed E-state index contributed by atoms with van der Waals surface area (Å²) in [7, 11) is 0. The molecule has 3 aromatic heterocycles. The predicted octanol–water partition coefficient (Wildman–Crippen LogP) is 6.87. The zero-order valence-electron chi connectivity index (χ0n) is 23.6. The number of amides is 1. The highest BCUT2D eigenvalue weighted by atomic mass is 19.1. The van der Waals surface area contributed by atoms with Gasteiger partial charge in [-0.3, -0.25) is 4.79 Å². The number of aromatic amines is 1. The molecule has 0 aliphatic heterocycles. The first-order valence-electron chi connectivity index (χ1n) is 14.7. The summed E-state index contributed by atoms with van der Waals surface area (Å²) < 4.78 is 15.7. The number of nitrogens with one attached hydrogen (secondary N) is 2. The summed E-state index contributed by atoms with van der Waals surface area (Å²) in [5, 5.41) is 10.7. The molecule has 1 saturated carbocycles. The standard InChI is InChI=1S/C34H34FN5O2/c1-2-3-5-11-26(35)16-17-30(41)37-34(19-8-20-34)25-14-12-24(13-15-25)31-27(23-9-6-4-7-10-23)22-28-29(36-31)18-21-40-32(28)38-39-33(40)42/h4,6-7,9-10,12-18,21-22,26H,2-3,5,8,11,19-20H2,1H3,(H,37,41)(H,39,42). The summed E-state index contributed by atoms with van der Waals surface area (Å²) in [6, 6.07) is 22.1. The molecule has 7 nitrogen and oxygen atoms in total. The van der Waals surface area contributed by atoms with Crippen LogP contribution < -0.4 is 11.0 Å². The lowest BCUT2D eigenvalue weighted by molar-refractivity contribution is -0.119. The molecule has 1 amide bonds. The molecule has 1 aliphatic carbocycles. The average Bonchev–Trinajstić information content (AvgIpc) is 3.39. The van der Waals surface area contributed by atoms with Crippen LogP contribution in [0.5, 0.6) is 0 Å². The molecule has 5 aromatic rings. The monoisotopic (exact) mass is 563 g/mol. The Labute approximate surface area is 243 Å². The van der Waals surface area contributed by atoms with Crippen molar-refractivity contribution in [2.45, 2.75) is 63.6 Å². The number of pyridine rings is 2. The van der Waals surface area contributed by atoms with Crippen LogP contribution in [0, 0.1) is 0 Å². The van der Waals surface area contributed by atoms with Crippen LogP contribution in [0.3, 0.4) is 0 Å². The van der Waals surface area contributed by atoms with Gasteiger partial charge in [0.15, 0.2) is 5.65 Å². The highest BCUT2D eigenvalue weighted by Crippen LogP contribution is 2.42. The maximum atomic E-state index is 14.2. The van der Waals surface area contributed by atoms with Gasteiger partial charge >= 0.3 is 5.69 Å². The largest absolute Gasteiger partial charge is 0.347 e. The quantitative estimate of drug-likeness (QED) is 0.143. The van der Waals surface area contributed by atoms with Crippen molar-refractivity contribution in [2.24, 2.45) is 0 Å². The van der Waals surface area contributed by atoms with Crippen LogP contribution >= 0.6 is 0 Å². The third-order valence-corrected chi connectivity index (χ3v) is 8.28. The van der Waals surface area contributed by atoms with Crippen molar-refractivity contribution >= 4 is 22.5 Å². The normalized spacial score (nSPS) is 15.2. The molecule has 0 radical (unpaired) electrons. The van der Waals surface area contributed by atoms with Gasteiger partial charge in [0.25, 0.3) is 0 Å². The summed E-state index contributed by atoms with van der Waals surface area (Å²) in [5.74, 6) is -0.261. The molecule has 6 rings (SSSR count). The summed E-state index contributed by atoms with van der Waals surface area (Å²) >= 11 is 0. The maximum Gasteiger partial charge on any atom is 0.347 e. The third kappa shape index (κ3) is 5.36. The molecule has 2 aromatic carbocycles. The molecule has 3 heterocycles. The van der Waals surface area contributed by atoms with Crippen molar-refractivity contribution in [2.75, 3.05) is 0 Å². The lowest BCUT2D eigenvalue weighted by Gasteiger charge is -2.43. The number of alkyl halides is 1. The van der Waals surface area contributed by atoms with Crippen LogP contribution in [0.15, 0.2) is 89.9 Å². The van der Waals surface area contributed by atoms with Gasteiger partial charge in [0.2, 0.25) is 5.91 Å². The number of nitrogens with zero attached hydrogens (tertiary/aromatic N) is 3. The van der Waals surface area contributed by atoms with Gasteiger partial charge in [-0.25, -0.2) is 23.7 Å². The van der Waals surface area contributed by atoms with E-state index in [0.29, 0.717) is 12.1 Å². The summed E-state index contributed by atoms with van der Waals surface area (Å²) in [4.78, 5) is 30.0. The number of carbonyl (C=O) groups is 1. The van der Waals surface area contributed by atoms with Crippen LogP contribution in [-0.4, -0.2) is 31.7 Å². The number of H-pyrrole nitrogens is 1. The fourth-order valence-corrected chi connectivity index (χ4v) is 5.79. The van der Waals surface area contributed by atoms with Gasteiger partial charge in [0.1, 0.15) is 6.17 Å². The molecule has 214 valence electrons. The van der Waals surface area contributed by atoms with Crippen LogP contribution in [0.25, 0.3) is 38.9 Å². The van der Waals surface area contributed by atoms with Crippen molar-refractivity contribution in [3.05, 3.63) is 101 Å².